The standard InChI is InChI=1S/C27H38N2O/c1-6-9-13-21(5)25(20(4)12-7-2)19-22(8-3)23-14-10-15-24(18-23)29-27(30)26-16-11-17-28-26/h8,10,12-15,18-19,26,28H,6-7,9,11,16-17H2,1-5H3,(H,29,30)/b20-12-,21-13+,22-8+,25-19-. The fourth-order valence-corrected chi connectivity index (χ4v) is 3.83. The first kappa shape index (κ1) is 23.9. The van der Waals surface area contributed by atoms with Crippen LogP contribution in [0.5, 0.6) is 0 Å². The van der Waals surface area contributed by atoms with E-state index in [4.69, 9.17) is 0 Å². The highest BCUT2D eigenvalue weighted by Crippen LogP contribution is 2.27. The van der Waals surface area contributed by atoms with Gasteiger partial charge in [-0.1, -0.05) is 50.6 Å². The van der Waals surface area contributed by atoms with Gasteiger partial charge in [-0.25, -0.2) is 0 Å². The molecule has 3 nitrogen and oxygen atoms in total. The molecule has 0 spiro atoms. The number of benzene rings is 1. The summed E-state index contributed by atoms with van der Waals surface area (Å²) in [7, 11) is 0. The number of anilines is 1. The van der Waals surface area contributed by atoms with Gasteiger partial charge >= 0.3 is 0 Å². The average molecular weight is 407 g/mol. The molecule has 0 saturated carbocycles. The fourth-order valence-electron chi connectivity index (χ4n) is 3.83. The maximum atomic E-state index is 12.5. The van der Waals surface area contributed by atoms with E-state index in [1.54, 1.807) is 0 Å². The first-order chi connectivity index (χ1) is 14.5. The van der Waals surface area contributed by atoms with E-state index in [9.17, 15) is 4.79 Å². The average Bonchev–Trinajstić information content (AvgIpc) is 3.28. The third-order valence-electron chi connectivity index (χ3n) is 5.55. The minimum atomic E-state index is -0.0745. The van der Waals surface area contributed by atoms with Gasteiger partial charge in [-0.15, -0.1) is 0 Å². The van der Waals surface area contributed by atoms with E-state index < -0.39 is 0 Å². The van der Waals surface area contributed by atoms with E-state index in [0.29, 0.717) is 0 Å². The molecule has 1 aromatic carbocycles. The smallest absolute Gasteiger partial charge is 0.241 e. The van der Waals surface area contributed by atoms with Crippen LogP contribution in [0.25, 0.3) is 5.57 Å². The highest BCUT2D eigenvalue weighted by Gasteiger charge is 2.21. The van der Waals surface area contributed by atoms with E-state index in [2.05, 4.69) is 81.7 Å². The molecule has 0 aromatic heterocycles. The number of rotatable bonds is 9. The first-order valence-corrected chi connectivity index (χ1v) is 11.4. The molecule has 1 fully saturated rings. The lowest BCUT2D eigenvalue weighted by Crippen LogP contribution is -2.35. The molecule has 0 aliphatic carbocycles. The van der Waals surface area contributed by atoms with Crippen molar-refractivity contribution in [3.63, 3.8) is 0 Å². The van der Waals surface area contributed by atoms with Gasteiger partial charge in [0.2, 0.25) is 5.91 Å². The molecule has 0 radical (unpaired) electrons. The van der Waals surface area contributed by atoms with Gasteiger partial charge in [0.05, 0.1) is 6.04 Å². The van der Waals surface area contributed by atoms with Gasteiger partial charge < -0.3 is 10.6 Å². The Kier molecular flexibility index (Phi) is 9.82. The van der Waals surface area contributed by atoms with Crippen molar-refractivity contribution in [2.24, 2.45) is 0 Å². The Bertz CT molecular complexity index is 836. The summed E-state index contributed by atoms with van der Waals surface area (Å²) < 4.78 is 0. The van der Waals surface area contributed by atoms with E-state index in [0.717, 1.165) is 55.5 Å². The lowest BCUT2D eigenvalue weighted by Gasteiger charge is -2.14. The van der Waals surface area contributed by atoms with Gasteiger partial charge in [0.25, 0.3) is 0 Å². The Balaban J connectivity index is 2.32. The van der Waals surface area contributed by atoms with Gasteiger partial charge in [-0.2, -0.15) is 0 Å². The van der Waals surface area contributed by atoms with Crippen molar-refractivity contribution in [2.45, 2.75) is 72.8 Å². The Morgan fingerprint density at radius 1 is 1.20 bits per heavy atom. The van der Waals surface area contributed by atoms with Crippen molar-refractivity contribution in [1.82, 2.24) is 5.32 Å². The van der Waals surface area contributed by atoms with Gasteiger partial charge in [-0.3, -0.25) is 4.79 Å². The second kappa shape index (κ2) is 12.3. The summed E-state index contributed by atoms with van der Waals surface area (Å²) in [4.78, 5) is 12.5. The Morgan fingerprint density at radius 3 is 2.60 bits per heavy atom. The van der Waals surface area contributed by atoms with Crippen molar-refractivity contribution in [2.75, 3.05) is 11.9 Å². The molecule has 1 atom stereocenters. The molecule has 1 aliphatic heterocycles. The van der Waals surface area contributed by atoms with Crippen molar-refractivity contribution < 1.29 is 4.79 Å². The van der Waals surface area contributed by atoms with Crippen LogP contribution in [-0.4, -0.2) is 18.5 Å². The summed E-state index contributed by atoms with van der Waals surface area (Å²) in [5.41, 5.74) is 7.02. The second-order valence-electron chi connectivity index (χ2n) is 7.99. The molecule has 1 unspecified atom stereocenters. The summed E-state index contributed by atoms with van der Waals surface area (Å²) in [5, 5.41) is 6.34. The van der Waals surface area contributed by atoms with Crippen molar-refractivity contribution in [3.05, 3.63) is 70.9 Å². The predicted molar refractivity (Wildman–Crippen MR) is 131 cm³/mol. The summed E-state index contributed by atoms with van der Waals surface area (Å²) in [6.45, 7) is 11.8. The van der Waals surface area contributed by atoms with Crippen LogP contribution in [0.3, 0.4) is 0 Å². The molecule has 30 heavy (non-hydrogen) atoms. The number of allylic oxidation sites excluding steroid dienone is 8. The van der Waals surface area contributed by atoms with Crippen LogP contribution in [0.15, 0.2) is 65.3 Å². The number of nitrogens with one attached hydrogen (secondary N) is 2. The van der Waals surface area contributed by atoms with E-state index in [-0.39, 0.29) is 11.9 Å². The number of unbranched alkanes of at least 4 members (excludes halogenated alkanes) is 1. The van der Waals surface area contributed by atoms with E-state index >= 15 is 0 Å². The molecular weight excluding hydrogens is 368 g/mol. The van der Waals surface area contributed by atoms with E-state index in [1.807, 2.05) is 12.1 Å². The third-order valence-corrected chi connectivity index (χ3v) is 5.55. The topological polar surface area (TPSA) is 41.1 Å². The molecule has 1 aliphatic rings. The minimum Gasteiger partial charge on any atom is -0.325 e. The molecule has 2 N–H and O–H groups in total. The summed E-state index contributed by atoms with van der Waals surface area (Å²) in [5.74, 6) is 0.0583. The first-order valence-electron chi connectivity index (χ1n) is 11.4. The van der Waals surface area contributed by atoms with Crippen molar-refractivity contribution >= 4 is 17.2 Å². The van der Waals surface area contributed by atoms with Gasteiger partial charge in [0.15, 0.2) is 0 Å². The zero-order valence-electron chi connectivity index (χ0n) is 19.3. The molecular formula is C27H38N2O. The van der Waals surface area contributed by atoms with Crippen LogP contribution in [0, 0.1) is 0 Å². The Morgan fingerprint density at radius 2 is 1.97 bits per heavy atom. The zero-order valence-corrected chi connectivity index (χ0v) is 19.3. The predicted octanol–water partition coefficient (Wildman–Crippen LogP) is 6.81. The number of carbonyl (C=O) groups excluding carboxylic acids is 1. The summed E-state index contributed by atoms with van der Waals surface area (Å²) in [6.07, 6.45) is 14.3. The third kappa shape index (κ3) is 6.84. The lowest BCUT2D eigenvalue weighted by atomic mass is 9.93. The lowest BCUT2D eigenvalue weighted by molar-refractivity contribution is -0.117. The molecule has 1 amide bonds. The molecule has 3 heteroatoms. The molecule has 1 aromatic rings. The largest absolute Gasteiger partial charge is 0.325 e. The van der Waals surface area contributed by atoms with Crippen molar-refractivity contribution in [3.8, 4) is 0 Å². The van der Waals surface area contributed by atoms with Crippen LogP contribution < -0.4 is 10.6 Å². The maximum Gasteiger partial charge on any atom is 0.241 e. The van der Waals surface area contributed by atoms with E-state index in [1.165, 1.54) is 16.7 Å². The van der Waals surface area contributed by atoms with Crippen LogP contribution in [-0.2, 0) is 4.79 Å². The SMILES string of the molecule is C\C=C(/C=C(C(/C)=C\CC)\C(C)=C\CCC)c1cccc(NC(=O)C2CCCN2)c1. The summed E-state index contributed by atoms with van der Waals surface area (Å²) >= 11 is 0. The van der Waals surface area contributed by atoms with Gasteiger partial charge in [0.1, 0.15) is 0 Å². The number of amides is 1. The Hall–Kier alpha value is -2.39. The molecule has 1 saturated heterocycles. The maximum absolute atomic E-state index is 12.5. The number of hydrogen-bond acceptors (Lipinski definition) is 2. The second-order valence-corrected chi connectivity index (χ2v) is 7.99. The quantitative estimate of drug-likeness (QED) is 0.442. The normalized spacial score (nSPS) is 18.6. The van der Waals surface area contributed by atoms with Crippen LogP contribution in [0.4, 0.5) is 5.69 Å². The zero-order chi connectivity index (χ0) is 21.9. The van der Waals surface area contributed by atoms with Crippen LogP contribution >= 0.6 is 0 Å². The summed E-state index contributed by atoms with van der Waals surface area (Å²) in [6, 6.07) is 8.08. The fraction of sp³-hybridized carbons (Fsp3) is 0.444. The molecule has 0 bridgehead atoms. The molecule has 162 valence electrons. The molecule has 1 heterocycles. The van der Waals surface area contributed by atoms with Gasteiger partial charge in [0, 0.05) is 5.69 Å². The van der Waals surface area contributed by atoms with Crippen LogP contribution in [0.2, 0.25) is 0 Å². The highest BCUT2D eigenvalue weighted by molar-refractivity contribution is 5.95. The molecule has 2 rings (SSSR count). The van der Waals surface area contributed by atoms with Gasteiger partial charge in [-0.05, 0) is 99.1 Å². The van der Waals surface area contributed by atoms with Crippen LogP contribution in [0.1, 0.15) is 72.3 Å². The number of carbonyl (C=O) groups is 1. The Labute approximate surface area is 183 Å². The minimum absolute atomic E-state index is 0.0583. The number of hydrogen-bond donors (Lipinski definition) is 2. The van der Waals surface area contributed by atoms with Crippen molar-refractivity contribution in [1.29, 1.82) is 0 Å². The highest BCUT2D eigenvalue weighted by atomic mass is 16.2. The monoisotopic (exact) mass is 406 g/mol.